The van der Waals surface area contributed by atoms with Crippen molar-refractivity contribution in [2.24, 2.45) is 0 Å². The fourth-order valence-corrected chi connectivity index (χ4v) is 2.43. The summed E-state index contributed by atoms with van der Waals surface area (Å²) in [5.74, 6) is 0. The Balaban J connectivity index is 2.71. The van der Waals surface area contributed by atoms with Gasteiger partial charge in [-0.3, -0.25) is 4.90 Å². The minimum atomic E-state index is -2.28. The zero-order valence-electron chi connectivity index (χ0n) is 13.4. The van der Waals surface area contributed by atoms with E-state index in [9.17, 15) is 8.78 Å². The minimum absolute atomic E-state index is 0.101. The van der Waals surface area contributed by atoms with Gasteiger partial charge in [0.2, 0.25) is 0 Å². The average molecular weight is 298 g/mol. The molecular weight excluding hydrogens is 270 g/mol. The molecule has 0 heterocycles. The maximum atomic E-state index is 12.5. The normalized spacial score (nSPS) is 13.1. The van der Waals surface area contributed by atoms with Crippen LogP contribution in [0.2, 0.25) is 0 Å². The molecule has 0 saturated heterocycles. The summed E-state index contributed by atoms with van der Waals surface area (Å²) in [6.07, 6.45) is 0.962. The molecule has 1 unspecified atom stereocenters. The molecule has 21 heavy (non-hydrogen) atoms. The molecule has 0 aliphatic rings. The van der Waals surface area contributed by atoms with Gasteiger partial charge in [-0.2, -0.15) is 0 Å². The molecule has 1 atom stereocenters. The van der Waals surface area contributed by atoms with Crippen LogP contribution < -0.4 is 5.32 Å². The first-order valence-electron chi connectivity index (χ1n) is 7.85. The third-order valence-electron chi connectivity index (χ3n) is 3.51. The molecule has 0 amide bonds. The quantitative estimate of drug-likeness (QED) is 0.705. The predicted octanol–water partition coefficient (Wildman–Crippen LogP) is 3.88. The number of likely N-dealkylation sites (N-methyl/N-ethyl adjacent to an activating group) is 1. The topological polar surface area (TPSA) is 15.3 Å². The highest BCUT2D eigenvalue weighted by Gasteiger charge is 2.15. The van der Waals surface area contributed by atoms with E-state index < -0.39 is 6.43 Å². The number of benzene rings is 1. The summed E-state index contributed by atoms with van der Waals surface area (Å²) in [5.41, 5.74) is 2.50. The standard InChI is InChI=1S/C17H28F2N2/c1-4-6-14-7-9-15(10-8-14)16(20-11-5-2)12-21(3)13-17(18)19/h7-10,16-17,20H,4-6,11-13H2,1-3H3. The van der Waals surface area contributed by atoms with E-state index in [2.05, 4.69) is 43.4 Å². The van der Waals surface area contributed by atoms with Crippen LogP contribution >= 0.6 is 0 Å². The number of hydrogen-bond donors (Lipinski definition) is 1. The molecule has 1 N–H and O–H groups in total. The van der Waals surface area contributed by atoms with Gasteiger partial charge in [-0.05, 0) is 37.6 Å². The van der Waals surface area contributed by atoms with Crippen LogP contribution in [0.25, 0.3) is 0 Å². The number of halogens is 2. The highest BCUT2D eigenvalue weighted by atomic mass is 19.3. The minimum Gasteiger partial charge on any atom is -0.309 e. The fraction of sp³-hybridized carbons (Fsp3) is 0.647. The lowest BCUT2D eigenvalue weighted by atomic mass is 10.0. The number of alkyl halides is 2. The van der Waals surface area contributed by atoms with Crippen molar-refractivity contribution in [1.82, 2.24) is 10.2 Å². The smallest absolute Gasteiger partial charge is 0.251 e. The lowest BCUT2D eigenvalue weighted by Gasteiger charge is -2.25. The molecule has 0 aromatic heterocycles. The van der Waals surface area contributed by atoms with Crippen LogP contribution in [0.15, 0.2) is 24.3 Å². The van der Waals surface area contributed by atoms with Crippen molar-refractivity contribution in [1.29, 1.82) is 0 Å². The summed E-state index contributed by atoms with van der Waals surface area (Å²) < 4.78 is 24.9. The Morgan fingerprint density at radius 1 is 1.05 bits per heavy atom. The number of rotatable bonds is 10. The van der Waals surface area contributed by atoms with Gasteiger partial charge in [-0.15, -0.1) is 0 Å². The molecule has 1 rings (SSSR count). The first-order chi connectivity index (χ1) is 10.1. The second kappa shape index (κ2) is 9.85. The van der Waals surface area contributed by atoms with Crippen molar-refractivity contribution in [2.75, 3.05) is 26.7 Å². The lowest BCUT2D eigenvalue weighted by molar-refractivity contribution is 0.0958. The van der Waals surface area contributed by atoms with Gasteiger partial charge in [0.15, 0.2) is 0 Å². The molecule has 0 aliphatic carbocycles. The highest BCUT2D eigenvalue weighted by molar-refractivity contribution is 5.25. The van der Waals surface area contributed by atoms with Crippen LogP contribution in [0.3, 0.4) is 0 Å². The van der Waals surface area contributed by atoms with Crippen molar-refractivity contribution in [2.45, 2.75) is 45.6 Å². The maximum Gasteiger partial charge on any atom is 0.251 e. The number of aryl methyl sites for hydroxylation is 1. The van der Waals surface area contributed by atoms with Crippen LogP contribution in [0, 0.1) is 0 Å². The van der Waals surface area contributed by atoms with E-state index in [-0.39, 0.29) is 12.6 Å². The molecule has 0 radical (unpaired) electrons. The Morgan fingerprint density at radius 2 is 1.71 bits per heavy atom. The Hall–Kier alpha value is -1.00. The van der Waals surface area contributed by atoms with Gasteiger partial charge in [-0.25, -0.2) is 8.78 Å². The van der Waals surface area contributed by atoms with Crippen molar-refractivity contribution in [3.05, 3.63) is 35.4 Å². The van der Waals surface area contributed by atoms with Crippen LogP contribution in [0.4, 0.5) is 8.78 Å². The first kappa shape index (κ1) is 18.1. The van der Waals surface area contributed by atoms with Crippen LogP contribution in [0.5, 0.6) is 0 Å². The Labute approximate surface area is 127 Å². The van der Waals surface area contributed by atoms with E-state index >= 15 is 0 Å². The number of nitrogens with zero attached hydrogens (tertiary/aromatic N) is 1. The molecule has 1 aromatic rings. The third kappa shape index (κ3) is 7.00. The van der Waals surface area contributed by atoms with Crippen LogP contribution in [-0.4, -0.2) is 38.0 Å². The molecule has 4 heteroatoms. The van der Waals surface area contributed by atoms with Gasteiger partial charge in [0, 0.05) is 12.6 Å². The summed E-state index contributed by atoms with van der Waals surface area (Å²) in [4.78, 5) is 1.69. The van der Waals surface area contributed by atoms with Crippen LogP contribution in [-0.2, 0) is 6.42 Å². The van der Waals surface area contributed by atoms with Crippen molar-refractivity contribution in [3.8, 4) is 0 Å². The third-order valence-corrected chi connectivity index (χ3v) is 3.51. The Morgan fingerprint density at radius 3 is 2.24 bits per heavy atom. The average Bonchev–Trinajstić information content (AvgIpc) is 2.44. The molecule has 0 saturated carbocycles. The number of hydrogen-bond acceptors (Lipinski definition) is 2. The second-order valence-corrected chi connectivity index (χ2v) is 5.61. The molecule has 0 fully saturated rings. The van der Waals surface area contributed by atoms with Gasteiger partial charge in [0.1, 0.15) is 0 Å². The molecule has 0 aliphatic heterocycles. The predicted molar refractivity (Wildman–Crippen MR) is 85.0 cm³/mol. The zero-order chi connectivity index (χ0) is 15.7. The molecule has 120 valence electrons. The monoisotopic (exact) mass is 298 g/mol. The Kier molecular flexibility index (Phi) is 8.47. The largest absolute Gasteiger partial charge is 0.309 e. The molecule has 1 aromatic carbocycles. The summed E-state index contributed by atoms with van der Waals surface area (Å²) >= 11 is 0. The first-order valence-corrected chi connectivity index (χ1v) is 7.85. The van der Waals surface area contributed by atoms with E-state index in [4.69, 9.17) is 0 Å². The lowest BCUT2D eigenvalue weighted by Crippen LogP contribution is -2.35. The summed E-state index contributed by atoms with van der Waals surface area (Å²) in [7, 11) is 1.75. The van der Waals surface area contributed by atoms with Crippen molar-refractivity contribution >= 4 is 0 Å². The van der Waals surface area contributed by atoms with Gasteiger partial charge in [-0.1, -0.05) is 44.5 Å². The van der Waals surface area contributed by atoms with Gasteiger partial charge >= 0.3 is 0 Å². The highest BCUT2D eigenvalue weighted by Crippen LogP contribution is 2.16. The summed E-state index contributed by atoms with van der Waals surface area (Å²) in [6.45, 7) is 5.58. The fourth-order valence-electron chi connectivity index (χ4n) is 2.43. The molecule has 2 nitrogen and oxygen atoms in total. The summed E-state index contributed by atoms with van der Waals surface area (Å²) in [6, 6.07) is 8.63. The van der Waals surface area contributed by atoms with E-state index in [1.54, 1.807) is 11.9 Å². The van der Waals surface area contributed by atoms with Gasteiger partial charge < -0.3 is 5.32 Å². The van der Waals surface area contributed by atoms with E-state index in [1.807, 2.05) is 0 Å². The van der Waals surface area contributed by atoms with E-state index in [0.717, 1.165) is 25.8 Å². The Bertz CT molecular complexity index is 379. The zero-order valence-corrected chi connectivity index (χ0v) is 13.4. The van der Waals surface area contributed by atoms with E-state index in [0.29, 0.717) is 6.54 Å². The number of nitrogens with one attached hydrogen (secondary N) is 1. The second-order valence-electron chi connectivity index (χ2n) is 5.61. The summed E-state index contributed by atoms with van der Waals surface area (Å²) in [5, 5.41) is 3.45. The maximum absolute atomic E-state index is 12.5. The van der Waals surface area contributed by atoms with E-state index in [1.165, 1.54) is 11.1 Å². The van der Waals surface area contributed by atoms with Gasteiger partial charge in [0.05, 0.1) is 6.54 Å². The van der Waals surface area contributed by atoms with Gasteiger partial charge in [0.25, 0.3) is 6.43 Å². The SMILES string of the molecule is CCCNC(CN(C)CC(F)F)c1ccc(CCC)cc1. The molecular formula is C17H28F2N2. The van der Waals surface area contributed by atoms with Crippen LogP contribution in [0.1, 0.15) is 43.9 Å². The molecule has 0 spiro atoms. The van der Waals surface area contributed by atoms with Crippen molar-refractivity contribution < 1.29 is 8.78 Å². The molecule has 0 bridgehead atoms. The van der Waals surface area contributed by atoms with Crippen molar-refractivity contribution in [3.63, 3.8) is 0 Å².